The minimum atomic E-state index is 0.111. The van der Waals surface area contributed by atoms with Crippen LogP contribution < -0.4 is 10.5 Å². The molecule has 0 spiro atoms. The Labute approximate surface area is 80.7 Å². The highest BCUT2D eigenvalue weighted by Gasteiger charge is 2.06. The highest BCUT2D eigenvalue weighted by atomic mass is 32.2. The molecule has 2 rings (SSSR count). The van der Waals surface area contributed by atoms with Crippen LogP contribution in [0.3, 0.4) is 0 Å². The molecule has 0 amide bonds. The Bertz CT molecular complexity index is 384. The van der Waals surface area contributed by atoms with Crippen LogP contribution in [0.1, 0.15) is 11.1 Å². The Morgan fingerprint density at radius 3 is 3.08 bits per heavy atom. The lowest BCUT2D eigenvalue weighted by Crippen LogP contribution is -2.11. The average molecular weight is 191 g/mol. The van der Waals surface area contributed by atoms with Crippen LogP contribution in [-0.2, 0) is 0 Å². The van der Waals surface area contributed by atoms with Crippen LogP contribution >= 0.6 is 11.9 Å². The van der Waals surface area contributed by atoms with E-state index in [9.17, 15) is 0 Å². The normalized spacial score (nSPS) is 13.2. The highest BCUT2D eigenvalue weighted by Crippen LogP contribution is 2.25. The Morgan fingerprint density at radius 1 is 1.46 bits per heavy atom. The number of hydrogen-bond donors (Lipinski definition) is 3. The predicted molar refractivity (Wildman–Crippen MR) is 55.5 cm³/mol. The minimum absolute atomic E-state index is 0.111. The van der Waals surface area contributed by atoms with Crippen LogP contribution in [-0.4, -0.2) is 5.84 Å². The van der Waals surface area contributed by atoms with Gasteiger partial charge in [0.15, 0.2) is 0 Å². The molecule has 4 N–H and O–H groups in total. The molecule has 0 radical (unpaired) electrons. The number of fused-ring (bicyclic) bond motifs is 1. The zero-order valence-corrected chi connectivity index (χ0v) is 7.69. The maximum atomic E-state index is 7.28. The highest BCUT2D eigenvalue weighted by molar-refractivity contribution is 7.97. The summed E-state index contributed by atoms with van der Waals surface area (Å²) in [5.74, 6) is 0.111. The molecule has 1 aromatic carbocycles. The van der Waals surface area contributed by atoms with E-state index < -0.39 is 0 Å². The molecule has 0 bridgehead atoms. The van der Waals surface area contributed by atoms with Crippen molar-refractivity contribution < 1.29 is 0 Å². The molecule has 1 aliphatic rings. The summed E-state index contributed by atoms with van der Waals surface area (Å²) < 4.78 is 3.04. The summed E-state index contributed by atoms with van der Waals surface area (Å²) >= 11 is 1.56. The van der Waals surface area contributed by atoms with Crippen LogP contribution in [0.15, 0.2) is 29.3 Å². The largest absolute Gasteiger partial charge is 0.384 e. The Hall–Kier alpha value is -1.42. The summed E-state index contributed by atoms with van der Waals surface area (Å²) in [5, 5.41) is 7.28. The third-order valence-corrected chi connectivity index (χ3v) is 2.67. The Morgan fingerprint density at radius 2 is 2.31 bits per heavy atom. The molecule has 0 saturated heterocycles. The van der Waals surface area contributed by atoms with Crippen molar-refractivity contribution in [2.75, 3.05) is 0 Å². The third-order valence-electron chi connectivity index (χ3n) is 1.82. The van der Waals surface area contributed by atoms with Crippen molar-refractivity contribution in [2.24, 2.45) is 5.73 Å². The zero-order chi connectivity index (χ0) is 9.26. The van der Waals surface area contributed by atoms with Crippen LogP contribution in [0.2, 0.25) is 0 Å². The number of nitrogens with two attached hydrogens (primary N) is 1. The van der Waals surface area contributed by atoms with E-state index in [2.05, 4.69) is 4.72 Å². The molecular weight excluding hydrogens is 182 g/mol. The number of hydrogen-bond acceptors (Lipinski definition) is 3. The van der Waals surface area contributed by atoms with Crippen molar-refractivity contribution >= 4 is 23.9 Å². The first-order valence-electron chi connectivity index (χ1n) is 3.85. The Balaban J connectivity index is 2.48. The molecule has 0 atom stereocenters. The van der Waals surface area contributed by atoms with E-state index in [0.29, 0.717) is 0 Å². The summed E-state index contributed by atoms with van der Waals surface area (Å²) in [7, 11) is 0. The van der Waals surface area contributed by atoms with Crippen LogP contribution in [0.4, 0.5) is 0 Å². The van der Waals surface area contributed by atoms with E-state index in [1.807, 2.05) is 30.5 Å². The zero-order valence-electron chi connectivity index (χ0n) is 6.87. The second-order valence-electron chi connectivity index (χ2n) is 2.72. The van der Waals surface area contributed by atoms with Gasteiger partial charge in [0.2, 0.25) is 0 Å². The van der Waals surface area contributed by atoms with Gasteiger partial charge in [0.05, 0.1) is 0 Å². The molecule has 0 fully saturated rings. The van der Waals surface area contributed by atoms with Crippen LogP contribution in [0, 0.1) is 5.41 Å². The van der Waals surface area contributed by atoms with Gasteiger partial charge in [0.25, 0.3) is 0 Å². The standard InChI is InChI=1S/C9H9N3S/c10-9(11)7-1-2-8-6(5-7)3-4-12-13-8/h1-5,12H,(H3,10,11). The van der Waals surface area contributed by atoms with Gasteiger partial charge in [-0.05, 0) is 35.7 Å². The van der Waals surface area contributed by atoms with Gasteiger partial charge in [0.1, 0.15) is 5.84 Å². The maximum Gasteiger partial charge on any atom is 0.122 e. The van der Waals surface area contributed by atoms with Gasteiger partial charge >= 0.3 is 0 Å². The molecule has 1 aromatic rings. The topological polar surface area (TPSA) is 61.9 Å². The van der Waals surface area contributed by atoms with Gasteiger partial charge in [0, 0.05) is 16.7 Å². The van der Waals surface area contributed by atoms with E-state index in [1.54, 1.807) is 11.9 Å². The van der Waals surface area contributed by atoms with E-state index >= 15 is 0 Å². The van der Waals surface area contributed by atoms with Crippen LogP contribution in [0.5, 0.6) is 0 Å². The quantitative estimate of drug-likeness (QED) is 0.358. The second kappa shape index (κ2) is 3.14. The van der Waals surface area contributed by atoms with Crippen LogP contribution in [0.25, 0.3) is 6.08 Å². The molecule has 0 saturated carbocycles. The Kier molecular flexibility index (Phi) is 1.98. The molecule has 3 nitrogen and oxygen atoms in total. The second-order valence-corrected chi connectivity index (χ2v) is 3.60. The third kappa shape index (κ3) is 1.53. The van der Waals surface area contributed by atoms with Crippen molar-refractivity contribution in [1.29, 1.82) is 5.41 Å². The number of amidine groups is 1. The predicted octanol–water partition coefficient (Wildman–Crippen LogP) is 1.55. The number of nitrogen functional groups attached to an aromatic ring is 1. The fraction of sp³-hybridized carbons (Fsp3) is 0. The lowest BCUT2D eigenvalue weighted by Gasteiger charge is -2.11. The first kappa shape index (κ1) is 8.19. The molecule has 0 aliphatic carbocycles. The summed E-state index contributed by atoms with van der Waals surface area (Å²) in [4.78, 5) is 1.16. The maximum absolute atomic E-state index is 7.28. The monoisotopic (exact) mass is 191 g/mol. The average Bonchev–Trinajstić information content (AvgIpc) is 2.17. The van der Waals surface area contributed by atoms with Gasteiger partial charge in [-0.1, -0.05) is 6.07 Å². The van der Waals surface area contributed by atoms with E-state index in [1.165, 1.54) is 0 Å². The molecule has 66 valence electrons. The molecule has 13 heavy (non-hydrogen) atoms. The summed E-state index contributed by atoms with van der Waals surface area (Å²) in [5.41, 5.74) is 7.26. The van der Waals surface area contributed by atoms with E-state index in [-0.39, 0.29) is 5.84 Å². The van der Waals surface area contributed by atoms with Crippen molar-refractivity contribution in [3.63, 3.8) is 0 Å². The smallest absolute Gasteiger partial charge is 0.122 e. The van der Waals surface area contributed by atoms with Gasteiger partial charge < -0.3 is 10.5 Å². The first-order valence-corrected chi connectivity index (χ1v) is 4.66. The lowest BCUT2D eigenvalue weighted by atomic mass is 10.1. The molecular formula is C9H9N3S. The van der Waals surface area contributed by atoms with Gasteiger partial charge in [-0.15, -0.1) is 0 Å². The van der Waals surface area contributed by atoms with E-state index in [0.717, 1.165) is 16.0 Å². The summed E-state index contributed by atoms with van der Waals surface area (Å²) in [6.07, 6.45) is 3.84. The van der Waals surface area contributed by atoms with Gasteiger partial charge in [-0.2, -0.15) is 0 Å². The fourth-order valence-corrected chi connectivity index (χ4v) is 1.80. The molecule has 4 heteroatoms. The summed E-state index contributed by atoms with van der Waals surface area (Å²) in [6, 6.07) is 5.74. The van der Waals surface area contributed by atoms with Gasteiger partial charge in [-0.25, -0.2) is 0 Å². The molecule has 1 aliphatic heterocycles. The number of benzene rings is 1. The van der Waals surface area contributed by atoms with Crippen molar-refractivity contribution in [3.8, 4) is 0 Å². The van der Waals surface area contributed by atoms with Crippen molar-refractivity contribution in [2.45, 2.75) is 4.90 Å². The summed E-state index contributed by atoms with van der Waals surface area (Å²) in [6.45, 7) is 0. The lowest BCUT2D eigenvalue weighted by molar-refractivity contribution is 1.30. The molecule has 0 unspecified atom stereocenters. The molecule has 1 heterocycles. The molecule has 0 aromatic heterocycles. The van der Waals surface area contributed by atoms with Crippen molar-refractivity contribution in [1.82, 2.24) is 4.72 Å². The number of nitrogens with one attached hydrogen (secondary N) is 2. The van der Waals surface area contributed by atoms with Crippen molar-refractivity contribution in [3.05, 3.63) is 35.5 Å². The van der Waals surface area contributed by atoms with Gasteiger partial charge in [-0.3, -0.25) is 5.41 Å². The SMILES string of the molecule is N=C(N)c1ccc2c(c1)C=CNS2. The van der Waals surface area contributed by atoms with E-state index in [4.69, 9.17) is 11.1 Å². The number of rotatable bonds is 1. The fourth-order valence-electron chi connectivity index (χ4n) is 1.16. The first-order chi connectivity index (χ1) is 6.27. The minimum Gasteiger partial charge on any atom is -0.384 e.